The summed E-state index contributed by atoms with van der Waals surface area (Å²) in [5.74, 6) is 0.757. The predicted molar refractivity (Wildman–Crippen MR) is 71.6 cm³/mol. The zero-order chi connectivity index (χ0) is 12.3. The fourth-order valence-corrected chi connectivity index (χ4v) is 2.25. The molecule has 0 spiro atoms. The Bertz CT molecular complexity index is 510. The second kappa shape index (κ2) is 5.05. The second-order valence-corrected chi connectivity index (χ2v) is 5.01. The van der Waals surface area contributed by atoms with Gasteiger partial charge in [0.2, 0.25) is 0 Å². The summed E-state index contributed by atoms with van der Waals surface area (Å²) in [4.78, 5) is 5.41. The van der Waals surface area contributed by atoms with Crippen molar-refractivity contribution in [2.24, 2.45) is 0 Å². The number of ether oxygens (including phenoxy) is 1. The number of aryl methyl sites for hydroxylation is 1. The third kappa shape index (κ3) is 3.10. The molecule has 0 saturated heterocycles. The molecule has 5 heteroatoms. The summed E-state index contributed by atoms with van der Waals surface area (Å²) >= 11 is 1.69. The van der Waals surface area contributed by atoms with E-state index in [9.17, 15) is 0 Å². The van der Waals surface area contributed by atoms with Crippen molar-refractivity contribution in [2.75, 3.05) is 18.2 Å². The molecule has 2 rings (SSSR count). The van der Waals surface area contributed by atoms with Crippen molar-refractivity contribution in [3.8, 4) is 5.75 Å². The van der Waals surface area contributed by atoms with E-state index in [0.717, 1.165) is 23.0 Å². The quantitative estimate of drug-likeness (QED) is 0.818. The maximum absolute atomic E-state index is 5.78. The summed E-state index contributed by atoms with van der Waals surface area (Å²) < 4.78 is 5.16. The minimum absolute atomic E-state index is 0.687. The number of nitrogens with zero attached hydrogens (tertiary/aromatic N) is 1. The molecule has 0 fully saturated rings. The van der Waals surface area contributed by atoms with E-state index >= 15 is 0 Å². The first kappa shape index (κ1) is 11.7. The number of rotatable bonds is 4. The van der Waals surface area contributed by atoms with Crippen LogP contribution in [0.25, 0.3) is 0 Å². The van der Waals surface area contributed by atoms with E-state index in [1.807, 2.05) is 25.3 Å². The summed E-state index contributed by atoms with van der Waals surface area (Å²) in [6.45, 7) is 2.75. The van der Waals surface area contributed by atoms with Crippen molar-refractivity contribution in [1.29, 1.82) is 0 Å². The van der Waals surface area contributed by atoms with E-state index in [1.54, 1.807) is 24.5 Å². The average molecular weight is 249 g/mol. The molecule has 1 aromatic carbocycles. The molecule has 2 aromatic rings. The zero-order valence-corrected chi connectivity index (χ0v) is 10.7. The van der Waals surface area contributed by atoms with Crippen molar-refractivity contribution in [3.63, 3.8) is 0 Å². The Morgan fingerprint density at radius 3 is 2.88 bits per heavy atom. The van der Waals surface area contributed by atoms with Crippen molar-refractivity contribution >= 4 is 22.7 Å². The van der Waals surface area contributed by atoms with Gasteiger partial charge in [0.15, 0.2) is 0 Å². The Kier molecular flexibility index (Phi) is 3.49. The first-order chi connectivity index (χ1) is 8.17. The van der Waals surface area contributed by atoms with Gasteiger partial charge in [-0.15, -0.1) is 11.3 Å². The van der Waals surface area contributed by atoms with Crippen molar-refractivity contribution < 1.29 is 4.74 Å². The zero-order valence-electron chi connectivity index (χ0n) is 9.86. The van der Waals surface area contributed by atoms with E-state index in [2.05, 4.69) is 10.3 Å². The minimum Gasteiger partial charge on any atom is -0.497 e. The number of benzene rings is 1. The highest BCUT2D eigenvalue weighted by atomic mass is 32.1. The minimum atomic E-state index is 0.687. The first-order valence-electron chi connectivity index (χ1n) is 5.27. The highest BCUT2D eigenvalue weighted by molar-refractivity contribution is 7.11. The predicted octanol–water partition coefficient (Wildman–Crippen LogP) is 2.65. The number of hydrogen-bond acceptors (Lipinski definition) is 5. The Morgan fingerprint density at radius 2 is 2.24 bits per heavy atom. The van der Waals surface area contributed by atoms with Gasteiger partial charge in [0.25, 0.3) is 0 Å². The molecule has 0 saturated carbocycles. The van der Waals surface area contributed by atoms with Gasteiger partial charge in [-0.05, 0) is 13.0 Å². The molecule has 0 atom stereocenters. The van der Waals surface area contributed by atoms with E-state index in [1.165, 1.54) is 4.88 Å². The molecule has 0 aliphatic carbocycles. The molecule has 17 heavy (non-hydrogen) atoms. The van der Waals surface area contributed by atoms with E-state index in [0.29, 0.717) is 5.69 Å². The van der Waals surface area contributed by atoms with E-state index < -0.39 is 0 Å². The molecule has 1 heterocycles. The summed E-state index contributed by atoms with van der Waals surface area (Å²) in [6, 6.07) is 5.60. The number of nitrogens with two attached hydrogens (primary N) is 1. The topological polar surface area (TPSA) is 60.2 Å². The van der Waals surface area contributed by atoms with Gasteiger partial charge in [-0.2, -0.15) is 0 Å². The molecule has 0 aliphatic heterocycles. The van der Waals surface area contributed by atoms with Gasteiger partial charge in [0.1, 0.15) is 5.75 Å². The van der Waals surface area contributed by atoms with Gasteiger partial charge in [-0.3, -0.25) is 0 Å². The van der Waals surface area contributed by atoms with Gasteiger partial charge in [-0.25, -0.2) is 4.98 Å². The Balaban J connectivity index is 2.05. The van der Waals surface area contributed by atoms with Crippen LogP contribution in [0.4, 0.5) is 11.4 Å². The van der Waals surface area contributed by atoms with E-state index in [4.69, 9.17) is 10.5 Å². The van der Waals surface area contributed by atoms with Crippen LogP contribution >= 0.6 is 11.3 Å². The van der Waals surface area contributed by atoms with Gasteiger partial charge < -0.3 is 15.8 Å². The number of nitrogens with one attached hydrogen (secondary N) is 1. The molecule has 4 nitrogen and oxygen atoms in total. The van der Waals surface area contributed by atoms with E-state index in [-0.39, 0.29) is 0 Å². The molecule has 1 aromatic heterocycles. The molecule has 0 radical (unpaired) electrons. The lowest BCUT2D eigenvalue weighted by molar-refractivity contribution is 0.415. The molecule has 0 unspecified atom stereocenters. The lowest BCUT2D eigenvalue weighted by atomic mass is 10.2. The standard InChI is InChI=1S/C12H15N3OS/c1-8-14-6-12(17-8)7-15-10-3-9(13)4-11(5-10)16-2/h3-6,15H,7,13H2,1-2H3. The molecule has 3 N–H and O–H groups in total. The summed E-state index contributed by atoms with van der Waals surface area (Å²) in [6.07, 6.45) is 1.89. The second-order valence-electron chi connectivity index (χ2n) is 3.69. The molecule has 0 bridgehead atoms. The van der Waals surface area contributed by atoms with Crippen LogP contribution in [-0.2, 0) is 6.54 Å². The highest BCUT2D eigenvalue weighted by Crippen LogP contribution is 2.23. The largest absolute Gasteiger partial charge is 0.497 e. The molecule has 90 valence electrons. The fraction of sp³-hybridized carbons (Fsp3) is 0.250. The van der Waals surface area contributed by atoms with Crippen LogP contribution in [0.2, 0.25) is 0 Å². The summed E-state index contributed by atoms with van der Waals surface area (Å²) in [5, 5.41) is 4.38. The summed E-state index contributed by atoms with van der Waals surface area (Å²) in [7, 11) is 1.63. The molecular formula is C12H15N3OS. The molecule has 0 amide bonds. The maximum Gasteiger partial charge on any atom is 0.122 e. The smallest absolute Gasteiger partial charge is 0.122 e. The lowest BCUT2D eigenvalue weighted by Gasteiger charge is -2.08. The van der Waals surface area contributed by atoms with Crippen molar-refractivity contribution in [3.05, 3.63) is 34.3 Å². The normalized spacial score (nSPS) is 10.2. The van der Waals surface area contributed by atoms with Crippen LogP contribution in [-0.4, -0.2) is 12.1 Å². The van der Waals surface area contributed by atoms with Gasteiger partial charge in [0, 0.05) is 34.6 Å². The Labute approximate surface area is 104 Å². The number of nitrogen functional groups attached to an aromatic ring is 1. The third-order valence-electron chi connectivity index (χ3n) is 2.30. The van der Waals surface area contributed by atoms with Gasteiger partial charge >= 0.3 is 0 Å². The highest BCUT2D eigenvalue weighted by Gasteiger charge is 2.01. The van der Waals surface area contributed by atoms with Crippen molar-refractivity contribution in [2.45, 2.75) is 13.5 Å². The van der Waals surface area contributed by atoms with Crippen molar-refractivity contribution in [1.82, 2.24) is 4.98 Å². The average Bonchev–Trinajstić information content (AvgIpc) is 2.72. The van der Waals surface area contributed by atoms with Crippen LogP contribution in [0.5, 0.6) is 5.75 Å². The number of anilines is 2. The number of thiazole rings is 1. The van der Waals surface area contributed by atoms with Crippen LogP contribution in [0.3, 0.4) is 0 Å². The first-order valence-corrected chi connectivity index (χ1v) is 6.09. The van der Waals surface area contributed by atoms with Crippen LogP contribution < -0.4 is 15.8 Å². The number of hydrogen-bond donors (Lipinski definition) is 2. The number of methoxy groups -OCH3 is 1. The monoisotopic (exact) mass is 249 g/mol. The van der Waals surface area contributed by atoms with Crippen LogP contribution in [0.1, 0.15) is 9.88 Å². The molecular weight excluding hydrogens is 234 g/mol. The van der Waals surface area contributed by atoms with Gasteiger partial charge in [0.05, 0.1) is 18.7 Å². The third-order valence-corrected chi connectivity index (χ3v) is 3.21. The fourth-order valence-electron chi connectivity index (χ4n) is 1.52. The number of aromatic nitrogens is 1. The SMILES string of the molecule is COc1cc(N)cc(NCc2cnc(C)s2)c1. The van der Waals surface area contributed by atoms with Gasteiger partial charge in [-0.1, -0.05) is 0 Å². The Morgan fingerprint density at radius 1 is 1.41 bits per heavy atom. The lowest BCUT2D eigenvalue weighted by Crippen LogP contribution is -1.99. The molecule has 0 aliphatic rings. The van der Waals surface area contributed by atoms with Crippen LogP contribution in [0.15, 0.2) is 24.4 Å². The Hall–Kier alpha value is -1.75. The summed E-state index contributed by atoms with van der Waals surface area (Å²) in [5.41, 5.74) is 7.42. The maximum atomic E-state index is 5.78. The van der Waals surface area contributed by atoms with Crippen LogP contribution in [0, 0.1) is 6.92 Å².